The number of rotatable bonds is 6. The highest BCUT2D eigenvalue weighted by atomic mass is 32.1. The molecule has 0 radical (unpaired) electrons. The quantitative estimate of drug-likeness (QED) is 0.619. The van der Waals surface area contributed by atoms with E-state index < -0.39 is 12.1 Å². The largest absolute Gasteiger partial charge is 0.448 e. The lowest BCUT2D eigenvalue weighted by Crippen LogP contribution is -2.37. The van der Waals surface area contributed by atoms with Gasteiger partial charge in [0.25, 0.3) is 5.91 Å². The van der Waals surface area contributed by atoms with Crippen LogP contribution in [0.2, 0.25) is 0 Å². The third-order valence-corrected chi connectivity index (χ3v) is 5.98. The Hall–Kier alpha value is -1.40. The Balaban J connectivity index is 1.95. The van der Waals surface area contributed by atoms with Gasteiger partial charge in [0.15, 0.2) is 6.10 Å². The van der Waals surface area contributed by atoms with Crippen LogP contribution in [0.25, 0.3) is 0 Å². The third kappa shape index (κ3) is 5.28. The number of hydrogen-bond acceptors (Lipinski definition) is 5. The number of esters is 1. The smallest absolute Gasteiger partial charge is 0.349 e. The average Bonchev–Trinajstić information content (AvgIpc) is 2.97. The molecule has 0 unspecified atom stereocenters. The summed E-state index contributed by atoms with van der Waals surface area (Å²) < 4.78 is 10.2. The van der Waals surface area contributed by atoms with Crippen molar-refractivity contribution in [1.82, 2.24) is 5.32 Å². The first-order valence-corrected chi connectivity index (χ1v) is 9.63. The van der Waals surface area contributed by atoms with Gasteiger partial charge in [0.05, 0.1) is 6.61 Å². The van der Waals surface area contributed by atoms with E-state index in [1.165, 1.54) is 21.8 Å². The molecule has 1 N–H and O–H groups in total. The Kier molecular flexibility index (Phi) is 6.63. The van der Waals surface area contributed by atoms with E-state index in [4.69, 9.17) is 9.47 Å². The molecular formula is C19H29NO4S. The van der Waals surface area contributed by atoms with Crippen molar-refractivity contribution in [1.29, 1.82) is 0 Å². The molecule has 0 saturated carbocycles. The minimum Gasteiger partial charge on any atom is -0.448 e. The number of thiophene rings is 1. The summed E-state index contributed by atoms with van der Waals surface area (Å²) in [4.78, 5) is 26.1. The van der Waals surface area contributed by atoms with Crippen molar-refractivity contribution in [3.8, 4) is 0 Å². The predicted molar refractivity (Wildman–Crippen MR) is 99.1 cm³/mol. The van der Waals surface area contributed by atoms with Gasteiger partial charge < -0.3 is 14.8 Å². The second kappa shape index (κ2) is 8.32. The topological polar surface area (TPSA) is 64.6 Å². The van der Waals surface area contributed by atoms with Crippen molar-refractivity contribution in [2.24, 2.45) is 11.3 Å². The van der Waals surface area contributed by atoms with Crippen LogP contribution in [0.5, 0.6) is 0 Å². The molecule has 5 nitrogen and oxygen atoms in total. The molecule has 1 amide bonds. The van der Waals surface area contributed by atoms with Crippen molar-refractivity contribution in [3.63, 3.8) is 0 Å². The monoisotopic (exact) mass is 367 g/mol. The van der Waals surface area contributed by atoms with Crippen LogP contribution in [-0.2, 0) is 27.1 Å². The van der Waals surface area contributed by atoms with Crippen molar-refractivity contribution < 1.29 is 19.1 Å². The number of fused-ring (bicyclic) bond motifs is 1. The van der Waals surface area contributed by atoms with E-state index in [-0.39, 0.29) is 11.3 Å². The summed E-state index contributed by atoms with van der Waals surface area (Å²) in [6.45, 7) is 9.23. The summed E-state index contributed by atoms with van der Waals surface area (Å²) in [7, 11) is 1.57. The maximum absolute atomic E-state index is 12.4. The first kappa shape index (κ1) is 19.9. The van der Waals surface area contributed by atoms with Crippen LogP contribution in [0.4, 0.5) is 0 Å². The minimum atomic E-state index is -0.814. The molecule has 1 heterocycles. The number of aryl methyl sites for hydroxylation is 1. The fourth-order valence-electron chi connectivity index (χ4n) is 3.06. The molecule has 0 fully saturated rings. The molecule has 1 aromatic heterocycles. The molecular weight excluding hydrogens is 338 g/mol. The molecule has 0 bridgehead atoms. The van der Waals surface area contributed by atoms with Gasteiger partial charge in [-0.3, -0.25) is 4.79 Å². The van der Waals surface area contributed by atoms with Crippen LogP contribution in [0.3, 0.4) is 0 Å². The molecule has 0 aliphatic heterocycles. The van der Waals surface area contributed by atoms with Crippen molar-refractivity contribution in [2.75, 3.05) is 20.3 Å². The zero-order valence-corrected chi connectivity index (χ0v) is 16.6. The molecule has 0 spiro atoms. The first-order valence-electron chi connectivity index (χ1n) is 8.81. The fraction of sp³-hybridized carbons (Fsp3) is 0.684. The minimum absolute atomic E-state index is 0.273. The van der Waals surface area contributed by atoms with Gasteiger partial charge in [-0.05, 0) is 49.1 Å². The molecule has 25 heavy (non-hydrogen) atoms. The predicted octanol–water partition coefficient (Wildman–Crippen LogP) is 3.21. The number of methoxy groups -OCH3 is 1. The van der Waals surface area contributed by atoms with Crippen LogP contribution in [0.1, 0.15) is 54.2 Å². The highest BCUT2D eigenvalue weighted by molar-refractivity contribution is 7.14. The summed E-state index contributed by atoms with van der Waals surface area (Å²) in [6, 6.07) is 1.95. The maximum Gasteiger partial charge on any atom is 0.349 e. The Morgan fingerprint density at radius 3 is 2.76 bits per heavy atom. The molecule has 2 atom stereocenters. The lowest BCUT2D eigenvalue weighted by molar-refractivity contribution is -0.129. The number of carbonyl (C=O) groups is 2. The highest BCUT2D eigenvalue weighted by Crippen LogP contribution is 2.40. The molecule has 6 heteroatoms. The highest BCUT2D eigenvalue weighted by Gasteiger charge is 2.31. The van der Waals surface area contributed by atoms with Gasteiger partial charge in [-0.2, -0.15) is 0 Å². The van der Waals surface area contributed by atoms with Gasteiger partial charge >= 0.3 is 5.97 Å². The van der Waals surface area contributed by atoms with Crippen molar-refractivity contribution in [3.05, 3.63) is 21.4 Å². The SMILES string of the molecule is COCCNC(=O)[C@H](C)OC(=O)c1cc2c(s1)CC[C@@H](C(C)(C)C)C2. The summed E-state index contributed by atoms with van der Waals surface area (Å²) in [5.41, 5.74) is 1.54. The van der Waals surface area contributed by atoms with Gasteiger partial charge in [-0.25, -0.2) is 4.79 Å². The van der Waals surface area contributed by atoms with E-state index in [9.17, 15) is 9.59 Å². The second-order valence-electron chi connectivity index (χ2n) is 7.70. The normalized spacial score (nSPS) is 18.4. The standard InChI is InChI=1S/C19H29NO4S/c1-12(17(21)20-8-9-23-5)24-18(22)16-11-13-10-14(19(2,3)4)6-7-15(13)25-16/h11-12,14H,6-10H2,1-5H3,(H,20,21)/t12-,14+/m0/s1. The number of ether oxygens (including phenoxy) is 2. The Labute approximate surface area is 154 Å². The molecule has 140 valence electrons. The average molecular weight is 368 g/mol. The van der Waals surface area contributed by atoms with E-state index in [1.807, 2.05) is 6.07 Å². The molecule has 2 rings (SSSR count). The number of hydrogen-bond donors (Lipinski definition) is 1. The lowest BCUT2D eigenvalue weighted by Gasteiger charge is -2.33. The number of nitrogens with one attached hydrogen (secondary N) is 1. The Morgan fingerprint density at radius 2 is 2.12 bits per heavy atom. The van der Waals surface area contributed by atoms with E-state index in [2.05, 4.69) is 26.1 Å². The zero-order chi connectivity index (χ0) is 18.6. The maximum atomic E-state index is 12.4. The molecule has 0 saturated heterocycles. The van der Waals surface area contributed by atoms with Gasteiger partial charge in [0.2, 0.25) is 0 Å². The first-order chi connectivity index (χ1) is 11.7. The third-order valence-electron chi connectivity index (χ3n) is 4.77. The van der Waals surface area contributed by atoms with E-state index in [0.29, 0.717) is 23.9 Å². The van der Waals surface area contributed by atoms with Crippen LogP contribution < -0.4 is 5.32 Å². The van der Waals surface area contributed by atoms with Gasteiger partial charge in [-0.1, -0.05) is 20.8 Å². The van der Waals surface area contributed by atoms with Crippen LogP contribution in [0, 0.1) is 11.3 Å². The van der Waals surface area contributed by atoms with Crippen LogP contribution >= 0.6 is 11.3 Å². The number of carbonyl (C=O) groups excluding carboxylic acids is 2. The fourth-order valence-corrected chi connectivity index (χ4v) is 4.15. The molecule has 1 aromatic rings. The van der Waals surface area contributed by atoms with Gasteiger partial charge in [-0.15, -0.1) is 11.3 Å². The Bertz CT molecular complexity index is 617. The summed E-state index contributed by atoms with van der Waals surface area (Å²) in [6.07, 6.45) is 2.37. The lowest BCUT2D eigenvalue weighted by atomic mass is 9.72. The van der Waals surface area contributed by atoms with Gasteiger partial charge in [0, 0.05) is 18.5 Å². The van der Waals surface area contributed by atoms with Crippen molar-refractivity contribution in [2.45, 2.75) is 53.1 Å². The van der Waals surface area contributed by atoms with E-state index in [0.717, 1.165) is 19.3 Å². The molecule has 1 aliphatic rings. The van der Waals surface area contributed by atoms with E-state index in [1.54, 1.807) is 14.0 Å². The van der Waals surface area contributed by atoms with Crippen LogP contribution in [0.15, 0.2) is 6.07 Å². The zero-order valence-electron chi connectivity index (χ0n) is 15.8. The second-order valence-corrected chi connectivity index (χ2v) is 8.83. The number of amides is 1. The Morgan fingerprint density at radius 1 is 1.40 bits per heavy atom. The molecule has 0 aromatic carbocycles. The van der Waals surface area contributed by atoms with Crippen molar-refractivity contribution >= 4 is 23.2 Å². The summed E-state index contributed by atoms with van der Waals surface area (Å²) in [5, 5.41) is 2.67. The van der Waals surface area contributed by atoms with Crippen LogP contribution in [-0.4, -0.2) is 38.2 Å². The van der Waals surface area contributed by atoms with E-state index >= 15 is 0 Å². The molecule has 1 aliphatic carbocycles. The summed E-state index contributed by atoms with van der Waals surface area (Å²) >= 11 is 1.51. The summed E-state index contributed by atoms with van der Waals surface area (Å²) in [5.74, 6) is -0.0930. The van der Waals surface area contributed by atoms with Gasteiger partial charge in [0.1, 0.15) is 4.88 Å².